The van der Waals surface area contributed by atoms with E-state index in [1.165, 1.54) is 0 Å². The first kappa shape index (κ1) is 19.0. The lowest BCUT2D eigenvalue weighted by molar-refractivity contribution is -0.147. The third kappa shape index (κ3) is 8.24. The number of rotatable bonds is 10. The van der Waals surface area contributed by atoms with Crippen LogP contribution in [0.5, 0.6) is 11.5 Å². The highest BCUT2D eigenvalue weighted by Gasteiger charge is 2.13. The SMILES string of the molecule is CCCCCOC(=O)CCC(=O)Oc1ccccc1OC(C)C. The van der Waals surface area contributed by atoms with Gasteiger partial charge in [-0.1, -0.05) is 31.9 Å². The Labute approximate surface area is 137 Å². The molecule has 0 aliphatic heterocycles. The maximum atomic E-state index is 11.8. The fourth-order valence-corrected chi connectivity index (χ4v) is 1.87. The standard InChI is InChI=1S/C18H26O5/c1-4-5-8-13-21-17(19)11-12-18(20)23-16-10-7-6-9-15(16)22-14(2)3/h6-7,9-10,14H,4-5,8,11-13H2,1-3H3. The maximum absolute atomic E-state index is 11.8. The Kier molecular flexibility index (Phi) is 8.80. The highest BCUT2D eigenvalue weighted by atomic mass is 16.6. The lowest BCUT2D eigenvalue weighted by Crippen LogP contribution is -2.14. The van der Waals surface area contributed by atoms with Crippen LogP contribution in [-0.4, -0.2) is 24.6 Å². The second kappa shape index (κ2) is 10.6. The van der Waals surface area contributed by atoms with Gasteiger partial charge >= 0.3 is 11.9 Å². The van der Waals surface area contributed by atoms with E-state index < -0.39 is 5.97 Å². The predicted molar refractivity (Wildman–Crippen MR) is 87.6 cm³/mol. The summed E-state index contributed by atoms with van der Waals surface area (Å²) in [5, 5.41) is 0. The Hall–Kier alpha value is -2.04. The molecule has 0 amide bonds. The fourth-order valence-electron chi connectivity index (χ4n) is 1.87. The predicted octanol–water partition coefficient (Wildman–Crippen LogP) is 3.89. The van der Waals surface area contributed by atoms with Gasteiger partial charge in [0.2, 0.25) is 0 Å². The van der Waals surface area contributed by atoms with E-state index in [1.54, 1.807) is 18.2 Å². The third-order valence-electron chi connectivity index (χ3n) is 2.98. The van der Waals surface area contributed by atoms with Crippen molar-refractivity contribution in [2.24, 2.45) is 0 Å². The molecule has 1 rings (SSSR count). The van der Waals surface area contributed by atoms with E-state index in [2.05, 4.69) is 6.92 Å². The second-order valence-electron chi connectivity index (χ2n) is 5.51. The van der Waals surface area contributed by atoms with E-state index in [9.17, 15) is 9.59 Å². The molecule has 0 atom stereocenters. The van der Waals surface area contributed by atoms with Crippen molar-refractivity contribution >= 4 is 11.9 Å². The Bertz CT molecular complexity index is 496. The zero-order chi connectivity index (χ0) is 17.1. The van der Waals surface area contributed by atoms with Crippen molar-refractivity contribution in [3.8, 4) is 11.5 Å². The summed E-state index contributed by atoms with van der Waals surface area (Å²) < 4.78 is 15.9. The molecule has 5 heteroatoms. The van der Waals surface area contributed by atoms with Gasteiger partial charge in [-0.15, -0.1) is 0 Å². The van der Waals surface area contributed by atoms with Gasteiger partial charge < -0.3 is 14.2 Å². The molecule has 128 valence electrons. The first-order valence-electron chi connectivity index (χ1n) is 8.15. The summed E-state index contributed by atoms with van der Waals surface area (Å²) in [7, 11) is 0. The van der Waals surface area contributed by atoms with Gasteiger partial charge in [0.25, 0.3) is 0 Å². The minimum Gasteiger partial charge on any atom is -0.487 e. The van der Waals surface area contributed by atoms with Gasteiger partial charge in [0.15, 0.2) is 11.5 Å². The van der Waals surface area contributed by atoms with Crippen molar-refractivity contribution in [2.45, 2.75) is 59.0 Å². The van der Waals surface area contributed by atoms with E-state index in [-0.39, 0.29) is 24.9 Å². The number of esters is 2. The van der Waals surface area contributed by atoms with Crippen LogP contribution in [0.4, 0.5) is 0 Å². The minimum atomic E-state index is -0.477. The van der Waals surface area contributed by atoms with Crippen molar-refractivity contribution in [1.29, 1.82) is 0 Å². The van der Waals surface area contributed by atoms with Crippen molar-refractivity contribution in [2.75, 3.05) is 6.61 Å². The molecule has 0 radical (unpaired) electrons. The quantitative estimate of drug-likeness (QED) is 0.371. The van der Waals surface area contributed by atoms with Crippen LogP contribution < -0.4 is 9.47 Å². The third-order valence-corrected chi connectivity index (χ3v) is 2.98. The molecule has 0 saturated heterocycles. The van der Waals surface area contributed by atoms with E-state index in [0.29, 0.717) is 18.1 Å². The summed E-state index contributed by atoms with van der Waals surface area (Å²) in [6, 6.07) is 6.98. The number of ether oxygens (including phenoxy) is 3. The van der Waals surface area contributed by atoms with Crippen molar-refractivity contribution in [1.82, 2.24) is 0 Å². The van der Waals surface area contributed by atoms with Crippen LogP contribution in [0.3, 0.4) is 0 Å². The normalized spacial score (nSPS) is 10.4. The van der Waals surface area contributed by atoms with Crippen LogP contribution in [0.2, 0.25) is 0 Å². The number of hydrogen-bond donors (Lipinski definition) is 0. The molecule has 0 spiro atoms. The number of hydrogen-bond acceptors (Lipinski definition) is 5. The zero-order valence-electron chi connectivity index (χ0n) is 14.2. The van der Waals surface area contributed by atoms with Gasteiger partial charge in [0.05, 0.1) is 25.6 Å². The number of para-hydroxylation sites is 2. The molecule has 0 heterocycles. The summed E-state index contributed by atoms with van der Waals surface area (Å²) >= 11 is 0. The second-order valence-corrected chi connectivity index (χ2v) is 5.51. The highest BCUT2D eigenvalue weighted by Crippen LogP contribution is 2.27. The van der Waals surface area contributed by atoms with Crippen LogP contribution >= 0.6 is 0 Å². The van der Waals surface area contributed by atoms with Gasteiger partial charge in [0, 0.05) is 0 Å². The Morgan fingerprint density at radius 2 is 1.65 bits per heavy atom. The fraction of sp³-hybridized carbons (Fsp3) is 0.556. The molecule has 0 bridgehead atoms. The monoisotopic (exact) mass is 322 g/mol. The van der Waals surface area contributed by atoms with E-state index in [4.69, 9.17) is 14.2 Å². The van der Waals surface area contributed by atoms with Crippen molar-refractivity contribution in [3.63, 3.8) is 0 Å². The van der Waals surface area contributed by atoms with E-state index in [1.807, 2.05) is 19.9 Å². The number of carbonyl (C=O) groups is 2. The number of carbonyl (C=O) groups excluding carboxylic acids is 2. The molecular weight excluding hydrogens is 296 g/mol. The maximum Gasteiger partial charge on any atom is 0.311 e. The van der Waals surface area contributed by atoms with Gasteiger partial charge in [0.1, 0.15) is 0 Å². The van der Waals surface area contributed by atoms with Crippen molar-refractivity contribution < 1.29 is 23.8 Å². The largest absolute Gasteiger partial charge is 0.487 e. The lowest BCUT2D eigenvalue weighted by atomic mass is 10.2. The van der Waals surface area contributed by atoms with Crippen molar-refractivity contribution in [3.05, 3.63) is 24.3 Å². The highest BCUT2D eigenvalue weighted by molar-refractivity contribution is 5.79. The average molecular weight is 322 g/mol. The number of unbranched alkanes of at least 4 members (excludes halogenated alkanes) is 2. The summed E-state index contributed by atoms with van der Waals surface area (Å²) in [5.41, 5.74) is 0. The molecule has 0 aliphatic rings. The van der Waals surface area contributed by atoms with Gasteiger partial charge in [-0.05, 0) is 32.4 Å². The Morgan fingerprint density at radius 3 is 2.30 bits per heavy atom. The van der Waals surface area contributed by atoms with Crippen LogP contribution in [0, 0.1) is 0 Å². The molecule has 0 saturated carbocycles. The summed E-state index contributed by atoms with van der Waals surface area (Å²) in [4.78, 5) is 23.4. The minimum absolute atomic E-state index is 0.0113. The van der Waals surface area contributed by atoms with Crippen LogP contribution in [0.25, 0.3) is 0 Å². The summed E-state index contributed by atoms with van der Waals surface area (Å²) in [6.45, 7) is 6.28. The number of benzene rings is 1. The zero-order valence-corrected chi connectivity index (χ0v) is 14.2. The van der Waals surface area contributed by atoms with Crippen LogP contribution in [0.1, 0.15) is 52.9 Å². The average Bonchev–Trinajstić information content (AvgIpc) is 2.51. The molecule has 23 heavy (non-hydrogen) atoms. The van der Waals surface area contributed by atoms with Gasteiger partial charge in [-0.3, -0.25) is 9.59 Å². The summed E-state index contributed by atoms with van der Waals surface area (Å²) in [6.07, 6.45) is 2.95. The molecule has 0 N–H and O–H groups in total. The Morgan fingerprint density at radius 1 is 1.00 bits per heavy atom. The Balaban J connectivity index is 2.38. The lowest BCUT2D eigenvalue weighted by Gasteiger charge is -2.13. The van der Waals surface area contributed by atoms with Crippen LogP contribution in [-0.2, 0) is 14.3 Å². The van der Waals surface area contributed by atoms with E-state index >= 15 is 0 Å². The smallest absolute Gasteiger partial charge is 0.311 e. The molecule has 0 aliphatic carbocycles. The molecule has 1 aromatic rings. The molecule has 0 unspecified atom stereocenters. The first-order chi connectivity index (χ1) is 11.0. The van der Waals surface area contributed by atoms with Crippen LogP contribution in [0.15, 0.2) is 24.3 Å². The van der Waals surface area contributed by atoms with Gasteiger partial charge in [-0.2, -0.15) is 0 Å². The van der Waals surface area contributed by atoms with Gasteiger partial charge in [-0.25, -0.2) is 0 Å². The first-order valence-corrected chi connectivity index (χ1v) is 8.15. The molecule has 5 nitrogen and oxygen atoms in total. The molecule has 0 fully saturated rings. The summed E-state index contributed by atoms with van der Waals surface area (Å²) in [5.74, 6) is 0.0283. The molecule has 1 aromatic carbocycles. The topological polar surface area (TPSA) is 61.8 Å². The van der Waals surface area contributed by atoms with E-state index in [0.717, 1.165) is 19.3 Å². The molecular formula is C18H26O5. The molecule has 0 aromatic heterocycles.